The maximum Gasteiger partial charge on any atom is 0.413 e. The summed E-state index contributed by atoms with van der Waals surface area (Å²) in [6.07, 6.45) is -7.66. The normalized spacial score (nSPS) is 12.6. The number of nitrogens with two attached hydrogens (primary N) is 1. The zero-order chi connectivity index (χ0) is 27.9. The number of hydrogen-bond donors (Lipinski definition) is 2. The number of amides is 1. The molecule has 0 aliphatic heterocycles. The van der Waals surface area contributed by atoms with Gasteiger partial charge >= 0.3 is 12.4 Å². The molecule has 0 bridgehead atoms. The van der Waals surface area contributed by atoms with Gasteiger partial charge < -0.3 is 15.5 Å². The van der Waals surface area contributed by atoms with Crippen molar-refractivity contribution in [1.29, 1.82) is 0 Å². The van der Waals surface area contributed by atoms with Crippen molar-refractivity contribution in [2.75, 3.05) is 11.9 Å². The minimum absolute atomic E-state index is 0.0500. The molecule has 0 radical (unpaired) electrons. The topological polar surface area (TPSA) is 111 Å². The van der Waals surface area contributed by atoms with E-state index in [9.17, 15) is 39.9 Å². The Kier molecular flexibility index (Phi) is 6.67. The number of benzene rings is 1. The Morgan fingerprint density at radius 2 is 1.66 bits per heavy atom. The van der Waals surface area contributed by atoms with Gasteiger partial charge in [-0.2, -0.15) is 26.3 Å². The van der Waals surface area contributed by atoms with Crippen LogP contribution in [0.4, 0.5) is 40.9 Å². The molecule has 3 aromatic heterocycles. The van der Waals surface area contributed by atoms with E-state index in [1.807, 2.05) is 0 Å². The highest BCUT2D eigenvalue weighted by Crippen LogP contribution is 2.50. The van der Waals surface area contributed by atoms with Crippen LogP contribution in [0, 0.1) is 17.0 Å². The van der Waals surface area contributed by atoms with Gasteiger partial charge in [0, 0.05) is 31.6 Å². The van der Waals surface area contributed by atoms with Gasteiger partial charge in [-0.15, -0.1) is 0 Å². The zero-order valence-electron chi connectivity index (χ0n) is 18.8. The Labute approximate surface area is 207 Å². The van der Waals surface area contributed by atoms with Crippen LogP contribution in [-0.4, -0.2) is 49.1 Å². The third-order valence-electron chi connectivity index (χ3n) is 5.64. The Bertz CT molecular complexity index is 1490. The summed E-state index contributed by atoms with van der Waals surface area (Å²) in [6.45, 7) is -2.19. The number of imidazole rings is 1. The van der Waals surface area contributed by atoms with E-state index in [-0.39, 0.29) is 23.4 Å². The first-order chi connectivity index (χ1) is 17.7. The van der Waals surface area contributed by atoms with Crippen molar-refractivity contribution < 1.29 is 39.9 Å². The van der Waals surface area contributed by atoms with Crippen molar-refractivity contribution >= 4 is 17.4 Å². The maximum absolute atomic E-state index is 14.3. The highest BCUT2D eigenvalue weighted by Gasteiger charge is 2.74. The van der Waals surface area contributed by atoms with Crippen LogP contribution in [0.15, 0.2) is 49.1 Å². The molecule has 0 unspecified atom stereocenters. The van der Waals surface area contributed by atoms with Gasteiger partial charge in [0.1, 0.15) is 11.5 Å². The van der Waals surface area contributed by atoms with Crippen molar-refractivity contribution in [3.8, 4) is 11.5 Å². The van der Waals surface area contributed by atoms with Gasteiger partial charge in [0.2, 0.25) is 5.91 Å². The van der Waals surface area contributed by atoms with E-state index in [1.165, 1.54) is 41.2 Å². The molecule has 0 saturated carbocycles. The summed E-state index contributed by atoms with van der Waals surface area (Å²) in [5, 5.41) is 1.59. The van der Waals surface area contributed by atoms with Crippen molar-refractivity contribution in [1.82, 2.24) is 24.3 Å². The number of carbonyl (C=O) groups is 1. The molecular formula is C22H15F8N7O. The van der Waals surface area contributed by atoms with Gasteiger partial charge in [-0.05, 0) is 11.6 Å². The molecule has 0 saturated heterocycles. The minimum Gasteiger partial charge on any atom is -0.369 e. The SMILES string of the molecule is NC(=O)C(CNc1nc(-c2cn3ccnc3c(Cc3ccccc3F)n2)ncc1F)(C(F)(F)F)C(F)(F)F. The minimum atomic E-state index is -6.16. The summed E-state index contributed by atoms with van der Waals surface area (Å²) in [5.41, 5.74) is 0.193. The predicted octanol–water partition coefficient (Wildman–Crippen LogP) is 4.06. The summed E-state index contributed by atoms with van der Waals surface area (Å²) in [4.78, 5) is 27.2. The number of alkyl halides is 6. The molecule has 38 heavy (non-hydrogen) atoms. The van der Waals surface area contributed by atoms with E-state index in [0.717, 1.165) is 0 Å². The highest BCUT2D eigenvalue weighted by atomic mass is 19.4. The Morgan fingerprint density at radius 1 is 0.974 bits per heavy atom. The Balaban J connectivity index is 1.73. The molecule has 1 amide bonds. The van der Waals surface area contributed by atoms with Gasteiger partial charge in [-0.1, -0.05) is 18.2 Å². The molecule has 1 aromatic carbocycles. The number of hydrogen-bond acceptors (Lipinski definition) is 6. The molecule has 8 nitrogen and oxygen atoms in total. The van der Waals surface area contributed by atoms with Crippen molar-refractivity contribution in [2.45, 2.75) is 18.8 Å². The molecule has 0 fully saturated rings. The fourth-order valence-corrected chi connectivity index (χ4v) is 3.60. The van der Waals surface area contributed by atoms with E-state index in [4.69, 9.17) is 0 Å². The van der Waals surface area contributed by atoms with Crippen LogP contribution in [0.2, 0.25) is 0 Å². The van der Waals surface area contributed by atoms with Crippen molar-refractivity contribution in [2.24, 2.45) is 11.1 Å². The standard InChI is InChI=1S/C22H15F8N7O/c23-12-4-2-1-3-11(12)7-14-18-32-5-6-37(18)9-15(35-14)17-33-8-13(24)16(36-17)34-10-20(19(31)38,21(25,26)27)22(28,29)30/h1-6,8-9H,7,10H2,(H2,31,38)(H,33,34,36). The van der Waals surface area contributed by atoms with E-state index in [1.54, 1.807) is 11.4 Å². The average Bonchev–Trinajstić information content (AvgIpc) is 3.29. The molecule has 0 aliphatic rings. The number of nitrogens with one attached hydrogen (secondary N) is 1. The first kappa shape index (κ1) is 26.7. The Morgan fingerprint density at radius 3 is 2.29 bits per heavy atom. The fourth-order valence-electron chi connectivity index (χ4n) is 3.60. The molecule has 3 N–H and O–H groups in total. The number of anilines is 1. The van der Waals surface area contributed by atoms with Crippen LogP contribution in [-0.2, 0) is 11.2 Å². The molecule has 16 heteroatoms. The van der Waals surface area contributed by atoms with Gasteiger partial charge in [0.25, 0.3) is 5.41 Å². The van der Waals surface area contributed by atoms with Crippen LogP contribution < -0.4 is 11.1 Å². The lowest BCUT2D eigenvalue weighted by atomic mass is 9.85. The smallest absolute Gasteiger partial charge is 0.369 e. The van der Waals surface area contributed by atoms with Crippen LogP contribution in [0.5, 0.6) is 0 Å². The molecule has 0 spiro atoms. The fraction of sp³-hybridized carbons (Fsp3) is 0.227. The van der Waals surface area contributed by atoms with Crippen LogP contribution in [0.25, 0.3) is 17.2 Å². The first-order valence-electron chi connectivity index (χ1n) is 10.5. The first-order valence-corrected chi connectivity index (χ1v) is 10.5. The second-order valence-electron chi connectivity index (χ2n) is 8.01. The van der Waals surface area contributed by atoms with Crippen molar-refractivity contribution in [3.63, 3.8) is 0 Å². The quantitative estimate of drug-likeness (QED) is 0.339. The summed E-state index contributed by atoms with van der Waals surface area (Å²) in [5.74, 6) is -6.14. The molecular weight excluding hydrogens is 530 g/mol. The number of halogens is 8. The second-order valence-corrected chi connectivity index (χ2v) is 8.01. The average molecular weight is 545 g/mol. The predicted molar refractivity (Wildman–Crippen MR) is 115 cm³/mol. The number of rotatable bonds is 7. The molecule has 0 atom stereocenters. The summed E-state index contributed by atoms with van der Waals surface area (Å²) in [6, 6.07) is 5.82. The van der Waals surface area contributed by atoms with Crippen LogP contribution >= 0.6 is 0 Å². The lowest BCUT2D eigenvalue weighted by Gasteiger charge is -2.34. The molecule has 3 heterocycles. The van der Waals surface area contributed by atoms with Gasteiger partial charge in [0.05, 0.1) is 11.9 Å². The monoisotopic (exact) mass is 545 g/mol. The van der Waals surface area contributed by atoms with Gasteiger partial charge in [0.15, 0.2) is 23.1 Å². The molecule has 4 rings (SSSR count). The number of nitrogens with zero attached hydrogens (tertiary/aromatic N) is 5. The van der Waals surface area contributed by atoms with E-state index >= 15 is 0 Å². The number of primary amides is 1. The largest absolute Gasteiger partial charge is 0.413 e. The molecule has 200 valence electrons. The highest BCUT2D eigenvalue weighted by molar-refractivity contribution is 5.83. The number of carbonyl (C=O) groups excluding carboxylic acids is 1. The van der Waals surface area contributed by atoms with Crippen LogP contribution in [0.3, 0.4) is 0 Å². The van der Waals surface area contributed by atoms with Crippen LogP contribution in [0.1, 0.15) is 11.3 Å². The number of aromatic nitrogens is 5. The van der Waals surface area contributed by atoms with E-state index in [0.29, 0.717) is 11.8 Å². The summed E-state index contributed by atoms with van der Waals surface area (Å²) >= 11 is 0. The van der Waals surface area contributed by atoms with E-state index < -0.39 is 53.5 Å². The van der Waals surface area contributed by atoms with E-state index in [2.05, 4.69) is 25.7 Å². The lowest BCUT2D eigenvalue weighted by molar-refractivity contribution is -0.319. The second kappa shape index (κ2) is 9.50. The number of fused-ring (bicyclic) bond motifs is 1. The van der Waals surface area contributed by atoms with Gasteiger partial charge in [-0.3, -0.25) is 4.79 Å². The summed E-state index contributed by atoms with van der Waals surface area (Å²) in [7, 11) is 0. The Hall–Kier alpha value is -4.37. The maximum atomic E-state index is 14.3. The molecule has 0 aliphatic carbocycles. The third kappa shape index (κ3) is 4.68. The van der Waals surface area contributed by atoms with Crippen molar-refractivity contribution in [3.05, 3.63) is 71.9 Å². The zero-order valence-corrected chi connectivity index (χ0v) is 18.8. The third-order valence-corrected chi connectivity index (χ3v) is 5.64. The summed E-state index contributed by atoms with van der Waals surface area (Å²) < 4.78 is 110. The molecule has 4 aromatic rings. The lowest BCUT2D eigenvalue weighted by Crippen LogP contribution is -2.62. The van der Waals surface area contributed by atoms with Gasteiger partial charge in [-0.25, -0.2) is 28.7 Å².